The van der Waals surface area contributed by atoms with E-state index < -0.39 is 0 Å². The number of fused-ring (bicyclic) bond motifs is 3. The Hall–Kier alpha value is -3.48. The molecule has 1 atom stereocenters. The zero-order chi connectivity index (χ0) is 22.4. The molecule has 0 bridgehead atoms. The summed E-state index contributed by atoms with van der Waals surface area (Å²) in [5.41, 5.74) is 3.90. The Morgan fingerprint density at radius 1 is 1.03 bits per heavy atom. The van der Waals surface area contributed by atoms with E-state index in [9.17, 15) is 4.79 Å². The lowest BCUT2D eigenvalue weighted by Crippen LogP contribution is -2.55. The van der Waals surface area contributed by atoms with Gasteiger partial charge in [-0.15, -0.1) is 10.2 Å². The van der Waals surface area contributed by atoms with Crippen LogP contribution in [-0.4, -0.2) is 56.1 Å². The van der Waals surface area contributed by atoms with Gasteiger partial charge in [-0.1, -0.05) is 55.8 Å². The second-order valence-corrected chi connectivity index (χ2v) is 8.96. The highest BCUT2D eigenvalue weighted by Crippen LogP contribution is 2.29. The number of rotatable bonds is 3. The van der Waals surface area contributed by atoms with Crippen molar-refractivity contribution in [2.45, 2.75) is 33.7 Å². The van der Waals surface area contributed by atoms with E-state index in [4.69, 9.17) is 4.98 Å². The summed E-state index contributed by atoms with van der Waals surface area (Å²) in [5.74, 6) is 1.81. The monoisotopic (exact) mass is 428 g/mol. The Morgan fingerprint density at radius 2 is 1.78 bits per heavy atom. The molecular formula is C25H28N6O. The highest BCUT2D eigenvalue weighted by Gasteiger charge is 2.31. The van der Waals surface area contributed by atoms with Crippen LogP contribution in [0, 0.1) is 12.8 Å². The molecule has 2 aromatic heterocycles. The Bertz CT molecular complexity index is 1290. The summed E-state index contributed by atoms with van der Waals surface area (Å²) in [6.45, 7) is 10.2. The summed E-state index contributed by atoms with van der Waals surface area (Å²) in [4.78, 5) is 21.9. The molecular weight excluding hydrogens is 400 g/mol. The Balaban J connectivity index is 1.64. The number of hydrogen-bond acceptors (Lipinski definition) is 5. The molecule has 1 fully saturated rings. The van der Waals surface area contributed by atoms with E-state index >= 15 is 0 Å². The SMILES string of the molecule is Cc1ccc(-c2nnc3c4ccccc4nc(N4CCN(C(=O)C(C)C)C(C)C4)n23)cc1. The second kappa shape index (κ2) is 7.89. The molecule has 0 N–H and O–H groups in total. The maximum atomic E-state index is 12.6. The van der Waals surface area contributed by atoms with Gasteiger partial charge < -0.3 is 9.80 Å². The van der Waals surface area contributed by atoms with E-state index in [-0.39, 0.29) is 17.9 Å². The van der Waals surface area contributed by atoms with E-state index in [1.807, 2.05) is 43.0 Å². The van der Waals surface area contributed by atoms with Crippen LogP contribution in [0.5, 0.6) is 0 Å². The third kappa shape index (κ3) is 3.38. The fourth-order valence-electron chi connectivity index (χ4n) is 4.47. The van der Waals surface area contributed by atoms with Crippen LogP contribution in [0.4, 0.5) is 5.95 Å². The molecule has 1 saturated heterocycles. The van der Waals surface area contributed by atoms with E-state index in [1.165, 1.54) is 5.56 Å². The number of carbonyl (C=O) groups is 1. The first-order chi connectivity index (χ1) is 15.4. The average Bonchev–Trinajstić information content (AvgIpc) is 3.24. The Morgan fingerprint density at radius 3 is 2.50 bits per heavy atom. The zero-order valence-corrected chi connectivity index (χ0v) is 19.0. The smallest absolute Gasteiger partial charge is 0.225 e. The van der Waals surface area contributed by atoms with Gasteiger partial charge in [-0.05, 0) is 26.0 Å². The van der Waals surface area contributed by atoms with E-state index in [1.54, 1.807) is 0 Å². The third-order valence-corrected chi connectivity index (χ3v) is 6.23. The van der Waals surface area contributed by atoms with Crippen molar-refractivity contribution >= 4 is 28.4 Å². The Kier molecular flexibility index (Phi) is 5.04. The average molecular weight is 429 g/mol. The quantitative estimate of drug-likeness (QED) is 0.494. The van der Waals surface area contributed by atoms with Gasteiger partial charge in [0.2, 0.25) is 11.9 Å². The van der Waals surface area contributed by atoms with Crippen LogP contribution in [0.2, 0.25) is 0 Å². The summed E-state index contributed by atoms with van der Waals surface area (Å²) in [6.07, 6.45) is 0. The molecule has 0 spiro atoms. The molecule has 7 heteroatoms. The molecule has 164 valence electrons. The molecule has 7 nitrogen and oxygen atoms in total. The van der Waals surface area contributed by atoms with Crippen LogP contribution < -0.4 is 4.90 Å². The van der Waals surface area contributed by atoms with Crippen LogP contribution >= 0.6 is 0 Å². The standard InChI is InChI=1S/C25H28N6O/c1-16(2)24(32)30-14-13-29(15-18(30)4)25-26-21-8-6-5-7-20(21)23-28-27-22(31(23)25)19-11-9-17(3)10-12-19/h5-12,16,18H,13-15H2,1-4H3. The third-order valence-electron chi connectivity index (χ3n) is 6.23. The van der Waals surface area contributed by atoms with Gasteiger partial charge in [-0.3, -0.25) is 4.79 Å². The molecule has 4 aromatic rings. The van der Waals surface area contributed by atoms with E-state index in [0.29, 0.717) is 13.1 Å². The molecule has 1 amide bonds. The van der Waals surface area contributed by atoms with Crippen molar-refractivity contribution in [3.8, 4) is 11.4 Å². The predicted molar refractivity (Wildman–Crippen MR) is 127 cm³/mol. The minimum Gasteiger partial charge on any atom is -0.338 e. The number of para-hydroxylation sites is 1. The first-order valence-electron chi connectivity index (χ1n) is 11.2. The minimum atomic E-state index is 0.000453. The molecule has 0 aliphatic carbocycles. The van der Waals surface area contributed by atoms with Crippen molar-refractivity contribution in [3.63, 3.8) is 0 Å². The number of aryl methyl sites for hydroxylation is 1. The van der Waals surface area contributed by atoms with Crippen LogP contribution in [0.1, 0.15) is 26.3 Å². The van der Waals surface area contributed by atoms with Gasteiger partial charge >= 0.3 is 0 Å². The van der Waals surface area contributed by atoms with Gasteiger partial charge in [0.1, 0.15) is 0 Å². The molecule has 32 heavy (non-hydrogen) atoms. The lowest BCUT2D eigenvalue weighted by molar-refractivity contribution is -0.136. The fraction of sp³-hybridized carbons (Fsp3) is 0.360. The van der Waals surface area contributed by atoms with Gasteiger partial charge in [0.25, 0.3) is 0 Å². The summed E-state index contributed by atoms with van der Waals surface area (Å²) in [6, 6.07) is 16.5. The lowest BCUT2D eigenvalue weighted by atomic mass is 10.1. The number of nitrogens with zero attached hydrogens (tertiary/aromatic N) is 6. The number of anilines is 1. The Labute approximate surface area is 187 Å². The van der Waals surface area contributed by atoms with Crippen molar-refractivity contribution in [3.05, 3.63) is 54.1 Å². The summed E-state index contributed by atoms with van der Waals surface area (Å²) >= 11 is 0. The van der Waals surface area contributed by atoms with Gasteiger partial charge in [-0.25, -0.2) is 9.38 Å². The fourth-order valence-corrected chi connectivity index (χ4v) is 4.47. The van der Waals surface area contributed by atoms with Crippen LogP contribution in [0.25, 0.3) is 27.9 Å². The molecule has 2 aromatic carbocycles. The number of benzene rings is 2. The molecule has 3 heterocycles. The van der Waals surface area contributed by atoms with Crippen molar-refractivity contribution in [2.24, 2.45) is 5.92 Å². The van der Waals surface area contributed by atoms with Crippen molar-refractivity contribution < 1.29 is 4.79 Å². The summed E-state index contributed by atoms with van der Waals surface area (Å²) in [5, 5.41) is 10.1. The number of carbonyl (C=O) groups excluding carboxylic acids is 1. The second-order valence-electron chi connectivity index (χ2n) is 8.96. The lowest BCUT2D eigenvalue weighted by Gasteiger charge is -2.41. The maximum Gasteiger partial charge on any atom is 0.225 e. The first-order valence-corrected chi connectivity index (χ1v) is 11.2. The number of piperazine rings is 1. The molecule has 0 saturated carbocycles. The van der Waals surface area contributed by atoms with Crippen molar-refractivity contribution in [1.82, 2.24) is 24.5 Å². The maximum absolute atomic E-state index is 12.6. The van der Waals surface area contributed by atoms with E-state index in [2.05, 4.69) is 57.6 Å². The number of aromatic nitrogens is 4. The molecule has 0 radical (unpaired) electrons. The van der Waals surface area contributed by atoms with Crippen LogP contribution in [0.3, 0.4) is 0 Å². The molecule has 1 unspecified atom stereocenters. The van der Waals surface area contributed by atoms with Gasteiger partial charge in [-0.2, -0.15) is 0 Å². The summed E-state index contributed by atoms with van der Waals surface area (Å²) < 4.78 is 2.07. The minimum absolute atomic E-state index is 0.000453. The first kappa shape index (κ1) is 20.4. The van der Waals surface area contributed by atoms with Crippen molar-refractivity contribution in [2.75, 3.05) is 24.5 Å². The highest BCUT2D eigenvalue weighted by molar-refractivity contribution is 5.93. The van der Waals surface area contributed by atoms with Gasteiger partial charge in [0.05, 0.1) is 5.52 Å². The van der Waals surface area contributed by atoms with E-state index in [0.717, 1.165) is 40.4 Å². The molecule has 1 aliphatic heterocycles. The van der Waals surface area contributed by atoms with Crippen molar-refractivity contribution in [1.29, 1.82) is 0 Å². The zero-order valence-electron chi connectivity index (χ0n) is 19.0. The van der Waals surface area contributed by atoms with Crippen LogP contribution in [-0.2, 0) is 4.79 Å². The number of amides is 1. The van der Waals surface area contributed by atoms with Crippen LogP contribution in [0.15, 0.2) is 48.5 Å². The topological polar surface area (TPSA) is 66.6 Å². The normalized spacial score (nSPS) is 17.0. The highest BCUT2D eigenvalue weighted by atomic mass is 16.2. The predicted octanol–water partition coefficient (Wildman–Crippen LogP) is 3.95. The molecule has 5 rings (SSSR count). The summed E-state index contributed by atoms with van der Waals surface area (Å²) in [7, 11) is 0. The van der Waals surface area contributed by atoms with Gasteiger partial charge in [0, 0.05) is 42.5 Å². The van der Waals surface area contributed by atoms with Gasteiger partial charge in [0.15, 0.2) is 11.5 Å². The number of hydrogen-bond donors (Lipinski definition) is 0. The molecule has 1 aliphatic rings. The largest absolute Gasteiger partial charge is 0.338 e.